The molecule has 22 heavy (non-hydrogen) atoms. The number of hydrogen-bond donors (Lipinski definition) is 2. The van der Waals surface area contributed by atoms with Crippen molar-refractivity contribution in [1.29, 1.82) is 0 Å². The summed E-state index contributed by atoms with van der Waals surface area (Å²) in [6, 6.07) is 5.69. The summed E-state index contributed by atoms with van der Waals surface area (Å²) in [6.07, 6.45) is 0.789. The Kier molecular flexibility index (Phi) is 5.37. The van der Waals surface area contributed by atoms with Crippen molar-refractivity contribution in [3.05, 3.63) is 40.6 Å². The largest absolute Gasteiger partial charge is 0.343 e. The maximum absolute atomic E-state index is 13.1. The van der Waals surface area contributed by atoms with Gasteiger partial charge in [-0.25, -0.2) is 14.3 Å². The van der Waals surface area contributed by atoms with Crippen LogP contribution in [-0.2, 0) is 11.3 Å². The summed E-state index contributed by atoms with van der Waals surface area (Å²) in [6.45, 7) is 4.19. The minimum Gasteiger partial charge on any atom is -0.325 e. The van der Waals surface area contributed by atoms with Crippen molar-refractivity contribution < 1.29 is 9.18 Å². The molecule has 118 valence electrons. The number of aromatic nitrogens is 3. The molecule has 1 aromatic carbocycles. The molecule has 1 unspecified atom stereocenters. The number of rotatable bonds is 6. The number of halogens is 1. The van der Waals surface area contributed by atoms with Crippen molar-refractivity contribution in [2.24, 2.45) is 0 Å². The molecule has 2 aromatic rings. The zero-order valence-corrected chi connectivity index (χ0v) is 13.1. The lowest BCUT2D eigenvalue weighted by atomic mass is 10.3. The van der Waals surface area contributed by atoms with Crippen LogP contribution in [0.1, 0.15) is 20.3 Å². The van der Waals surface area contributed by atoms with Gasteiger partial charge in [0.05, 0.1) is 5.25 Å². The second kappa shape index (κ2) is 7.26. The first-order chi connectivity index (χ1) is 10.5. The molecule has 0 aliphatic heterocycles. The van der Waals surface area contributed by atoms with Gasteiger partial charge in [0, 0.05) is 12.2 Å². The van der Waals surface area contributed by atoms with Crippen molar-refractivity contribution in [3.63, 3.8) is 0 Å². The van der Waals surface area contributed by atoms with Crippen LogP contribution in [0, 0.1) is 5.82 Å². The molecule has 6 nitrogen and oxygen atoms in total. The molecule has 0 radical (unpaired) electrons. The van der Waals surface area contributed by atoms with Gasteiger partial charge in [0.25, 0.3) is 0 Å². The third-order valence-corrected chi connectivity index (χ3v) is 4.00. The van der Waals surface area contributed by atoms with Gasteiger partial charge in [-0.2, -0.15) is 0 Å². The topological polar surface area (TPSA) is 79.8 Å². The smallest absolute Gasteiger partial charge is 0.325 e. The van der Waals surface area contributed by atoms with Gasteiger partial charge in [-0.1, -0.05) is 24.8 Å². The van der Waals surface area contributed by atoms with Gasteiger partial charge in [0.2, 0.25) is 5.91 Å². The van der Waals surface area contributed by atoms with E-state index < -0.39 is 11.1 Å². The lowest BCUT2D eigenvalue weighted by molar-refractivity contribution is -0.115. The monoisotopic (exact) mass is 324 g/mol. The van der Waals surface area contributed by atoms with E-state index >= 15 is 0 Å². The number of thioether (sulfide) groups is 1. The Bertz CT molecular complexity index is 713. The third kappa shape index (κ3) is 3.97. The zero-order chi connectivity index (χ0) is 16.1. The highest BCUT2D eigenvalue weighted by Crippen LogP contribution is 2.21. The van der Waals surface area contributed by atoms with Crippen molar-refractivity contribution in [1.82, 2.24) is 14.8 Å². The Balaban J connectivity index is 2.04. The lowest BCUT2D eigenvalue weighted by Gasteiger charge is -2.12. The molecule has 0 fully saturated rings. The molecule has 0 bridgehead atoms. The highest BCUT2D eigenvalue weighted by Gasteiger charge is 2.19. The van der Waals surface area contributed by atoms with Gasteiger partial charge in [-0.05, 0) is 31.5 Å². The average molecular weight is 324 g/mol. The standard InChI is InChI=1S/C14H17FN4O2S/c1-3-7-19-13(21)17-18-14(19)22-9(2)12(20)16-11-6-4-5-10(15)8-11/h4-6,8-9H,3,7H2,1-2H3,(H,16,20)(H,17,21). The Morgan fingerprint density at radius 3 is 3.00 bits per heavy atom. The molecule has 1 heterocycles. The second-order valence-electron chi connectivity index (χ2n) is 4.72. The summed E-state index contributed by atoms with van der Waals surface area (Å²) >= 11 is 1.18. The van der Waals surface area contributed by atoms with E-state index in [2.05, 4.69) is 15.5 Å². The number of nitrogens with one attached hydrogen (secondary N) is 2. The molecule has 1 atom stereocenters. The number of anilines is 1. The summed E-state index contributed by atoms with van der Waals surface area (Å²) in [4.78, 5) is 23.7. The number of carbonyl (C=O) groups is 1. The SMILES string of the molecule is CCCn1c(SC(C)C(=O)Nc2cccc(F)c2)n[nH]c1=O. The number of amides is 1. The van der Waals surface area contributed by atoms with Crippen LogP contribution in [0.3, 0.4) is 0 Å². The Labute approximate surface area is 131 Å². The molecule has 0 saturated carbocycles. The number of carbonyl (C=O) groups excluding carboxylic acids is 1. The normalized spacial score (nSPS) is 12.1. The van der Waals surface area contributed by atoms with Gasteiger partial charge in [-0.15, -0.1) is 5.10 Å². The molecule has 1 aromatic heterocycles. The number of nitrogens with zero attached hydrogens (tertiary/aromatic N) is 2. The van der Waals surface area contributed by atoms with E-state index in [0.29, 0.717) is 17.4 Å². The molecule has 2 rings (SSSR count). The van der Waals surface area contributed by atoms with Crippen molar-refractivity contribution in [2.75, 3.05) is 5.32 Å². The van der Waals surface area contributed by atoms with Crippen molar-refractivity contribution in [2.45, 2.75) is 37.2 Å². The van der Waals surface area contributed by atoms with E-state index in [1.165, 1.54) is 34.5 Å². The first-order valence-corrected chi connectivity index (χ1v) is 7.77. The van der Waals surface area contributed by atoms with Gasteiger partial charge < -0.3 is 5.32 Å². The zero-order valence-electron chi connectivity index (χ0n) is 12.3. The van der Waals surface area contributed by atoms with E-state index in [1.807, 2.05) is 6.92 Å². The Hall–Kier alpha value is -2.09. The molecule has 0 saturated heterocycles. The van der Waals surface area contributed by atoms with E-state index in [0.717, 1.165) is 6.42 Å². The molecule has 0 aliphatic rings. The first kappa shape index (κ1) is 16.3. The van der Waals surface area contributed by atoms with E-state index in [4.69, 9.17) is 0 Å². The predicted octanol–water partition coefficient (Wildman–Crippen LogP) is 2.24. The fourth-order valence-corrected chi connectivity index (χ4v) is 2.72. The van der Waals surface area contributed by atoms with Crippen LogP contribution in [0.25, 0.3) is 0 Å². The van der Waals surface area contributed by atoms with Crippen LogP contribution in [0.5, 0.6) is 0 Å². The van der Waals surface area contributed by atoms with E-state index in [1.54, 1.807) is 13.0 Å². The quantitative estimate of drug-likeness (QED) is 0.799. The third-order valence-electron chi connectivity index (χ3n) is 2.91. The summed E-state index contributed by atoms with van der Waals surface area (Å²) in [5.41, 5.74) is 0.104. The van der Waals surface area contributed by atoms with Crippen LogP contribution in [-0.4, -0.2) is 25.9 Å². The first-order valence-electron chi connectivity index (χ1n) is 6.89. The Morgan fingerprint density at radius 1 is 1.55 bits per heavy atom. The van der Waals surface area contributed by atoms with Crippen LogP contribution < -0.4 is 11.0 Å². The van der Waals surface area contributed by atoms with Crippen LogP contribution in [0.2, 0.25) is 0 Å². The van der Waals surface area contributed by atoms with Gasteiger partial charge in [0.1, 0.15) is 5.82 Å². The molecule has 2 N–H and O–H groups in total. The maximum atomic E-state index is 13.1. The average Bonchev–Trinajstić information content (AvgIpc) is 2.80. The summed E-state index contributed by atoms with van der Waals surface area (Å²) in [5, 5.41) is 8.93. The minimum absolute atomic E-state index is 0.283. The molecular weight excluding hydrogens is 307 g/mol. The molecule has 0 aliphatic carbocycles. The summed E-state index contributed by atoms with van der Waals surface area (Å²) < 4.78 is 14.6. The molecule has 1 amide bonds. The fraction of sp³-hybridized carbons (Fsp3) is 0.357. The highest BCUT2D eigenvalue weighted by molar-refractivity contribution is 8.00. The van der Waals surface area contributed by atoms with E-state index in [-0.39, 0.29) is 11.6 Å². The summed E-state index contributed by atoms with van der Waals surface area (Å²) in [5.74, 6) is -0.698. The van der Waals surface area contributed by atoms with Crippen LogP contribution >= 0.6 is 11.8 Å². The predicted molar refractivity (Wildman–Crippen MR) is 83.5 cm³/mol. The maximum Gasteiger partial charge on any atom is 0.343 e. The Morgan fingerprint density at radius 2 is 2.32 bits per heavy atom. The van der Waals surface area contributed by atoms with Crippen LogP contribution in [0.4, 0.5) is 10.1 Å². The van der Waals surface area contributed by atoms with Gasteiger partial charge >= 0.3 is 5.69 Å². The lowest BCUT2D eigenvalue weighted by Crippen LogP contribution is -2.24. The number of hydrogen-bond acceptors (Lipinski definition) is 4. The van der Waals surface area contributed by atoms with E-state index in [9.17, 15) is 14.0 Å². The number of benzene rings is 1. The second-order valence-corrected chi connectivity index (χ2v) is 6.03. The molecular formula is C14H17FN4O2S. The number of aromatic amines is 1. The van der Waals surface area contributed by atoms with Gasteiger partial charge in [0.15, 0.2) is 5.16 Å². The van der Waals surface area contributed by atoms with Crippen molar-refractivity contribution >= 4 is 23.4 Å². The van der Waals surface area contributed by atoms with Crippen molar-refractivity contribution in [3.8, 4) is 0 Å². The minimum atomic E-state index is -0.478. The summed E-state index contributed by atoms with van der Waals surface area (Å²) in [7, 11) is 0. The van der Waals surface area contributed by atoms with Gasteiger partial charge in [-0.3, -0.25) is 9.36 Å². The van der Waals surface area contributed by atoms with Crippen LogP contribution in [0.15, 0.2) is 34.2 Å². The highest BCUT2D eigenvalue weighted by atomic mass is 32.2. The molecule has 8 heteroatoms. The fourth-order valence-electron chi connectivity index (χ4n) is 1.84. The molecule has 0 spiro atoms. The number of H-pyrrole nitrogens is 1.